The first kappa shape index (κ1) is 29.0. The highest BCUT2D eigenvalue weighted by atomic mass is 16.7. The number of rotatable bonds is 6. The SMILES string of the molecule is CCn1nc(N)c2cccc(B3OC(C)(C)C(C)(CCC4(C)OB(B5OC(C)(C)C(C)(C)O5)OC4(C)C)O3)c21. The Morgan fingerprint density at radius 2 is 1.23 bits per heavy atom. The zero-order chi connectivity index (χ0) is 28.8. The molecule has 4 heterocycles. The fraction of sp³-hybridized carbons (Fsp3) is 0.741. The van der Waals surface area contributed by atoms with Gasteiger partial charge in [0.25, 0.3) is 0 Å². The number of nitrogens with two attached hydrogens (primary N) is 1. The van der Waals surface area contributed by atoms with E-state index >= 15 is 0 Å². The Kier molecular flexibility index (Phi) is 6.66. The molecule has 0 bridgehead atoms. The standard InChI is InChI=1S/C27H44B3N3O6/c1-12-33-20-18(21(31)32-33)14-13-15-19(20)28-34-24(6,7)26(10,38-28)16-17-27(11)25(8,9)37-30(39-27)29-35-22(2,3)23(4,5)36-29/h13-15H,12,16-17H2,1-11H3,(H2,31,32). The van der Waals surface area contributed by atoms with Crippen molar-refractivity contribution in [3.8, 4) is 0 Å². The maximum Gasteiger partial charge on any atom is 0.497 e. The van der Waals surface area contributed by atoms with E-state index < -0.39 is 54.7 Å². The quantitative estimate of drug-likeness (QED) is 0.552. The van der Waals surface area contributed by atoms with E-state index in [9.17, 15) is 0 Å². The van der Waals surface area contributed by atoms with Gasteiger partial charge in [-0.15, -0.1) is 0 Å². The second-order valence-corrected chi connectivity index (χ2v) is 13.7. The molecule has 39 heavy (non-hydrogen) atoms. The summed E-state index contributed by atoms with van der Waals surface area (Å²) in [5, 5.41) is 5.43. The molecular formula is C27H44B3N3O6. The number of benzene rings is 1. The van der Waals surface area contributed by atoms with E-state index in [1.807, 2.05) is 50.6 Å². The predicted molar refractivity (Wildman–Crippen MR) is 156 cm³/mol. The number of nitrogen functional groups attached to an aromatic ring is 1. The van der Waals surface area contributed by atoms with E-state index in [4.69, 9.17) is 33.7 Å². The summed E-state index contributed by atoms with van der Waals surface area (Å²) in [4.78, 5) is 0. The molecule has 5 rings (SSSR count). The van der Waals surface area contributed by atoms with Crippen molar-refractivity contribution in [3.05, 3.63) is 18.2 Å². The van der Waals surface area contributed by atoms with E-state index in [0.29, 0.717) is 25.2 Å². The van der Waals surface area contributed by atoms with Gasteiger partial charge >= 0.3 is 21.1 Å². The van der Waals surface area contributed by atoms with Crippen LogP contribution in [0.2, 0.25) is 0 Å². The molecule has 2 unspecified atom stereocenters. The molecule has 2 N–H and O–H groups in total. The van der Waals surface area contributed by atoms with Crippen molar-refractivity contribution in [1.82, 2.24) is 9.78 Å². The van der Waals surface area contributed by atoms with Gasteiger partial charge in [0.15, 0.2) is 5.82 Å². The van der Waals surface area contributed by atoms with Gasteiger partial charge in [-0.1, -0.05) is 12.1 Å². The van der Waals surface area contributed by atoms with Crippen LogP contribution in [-0.4, -0.2) is 64.5 Å². The Morgan fingerprint density at radius 3 is 1.82 bits per heavy atom. The van der Waals surface area contributed by atoms with Gasteiger partial charge in [-0.25, -0.2) is 0 Å². The molecule has 1 aromatic carbocycles. The molecule has 212 valence electrons. The Labute approximate surface area is 234 Å². The zero-order valence-corrected chi connectivity index (χ0v) is 25.5. The lowest BCUT2D eigenvalue weighted by Crippen LogP contribution is -2.50. The zero-order valence-electron chi connectivity index (χ0n) is 25.5. The monoisotopic (exact) mass is 539 g/mol. The first-order valence-electron chi connectivity index (χ1n) is 14.2. The second kappa shape index (κ2) is 8.97. The molecule has 3 fully saturated rings. The van der Waals surface area contributed by atoms with Crippen LogP contribution >= 0.6 is 0 Å². The van der Waals surface area contributed by atoms with Crippen LogP contribution in [0.3, 0.4) is 0 Å². The number of aromatic nitrogens is 2. The van der Waals surface area contributed by atoms with Crippen molar-refractivity contribution >= 4 is 43.3 Å². The molecule has 0 amide bonds. The molecule has 9 nitrogen and oxygen atoms in total. The van der Waals surface area contributed by atoms with Gasteiger partial charge in [0.05, 0.1) is 39.1 Å². The Morgan fingerprint density at radius 1 is 0.718 bits per heavy atom. The molecule has 1 aromatic heterocycles. The summed E-state index contributed by atoms with van der Waals surface area (Å²) >= 11 is 0. The van der Waals surface area contributed by atoms with Crippen LogP contribution in [0.4, 0.5) is 5.82 Å². The highest BCUT2D eigenvalue weighted by Gasteiger charge is 2.65. The number of hydrogen-bond donors (Lipinski definition) is 1. The maximum atomic E-state index is 6.77. The lowest BCUT2D eigenvalue weighted by molar-refractivity contribution is -0.0576. The molecule has 3 aliphatic heterocycles. The van der Waals surface area contributed by atoms with Crippen molar-refractivity contribution in [3.63, 3.8) is 0 Å². The molecule has 3 saturated heterocycles. The molecule has 0 spiro atoms. The van der Waals surface area contributed by atoms with Crippen molar-refractivity contribution in [1.29, 1.82) is 0 Å². The summed E-state index contributed by atoms with van der Waals surface area (Å²) in [5.41, 5.74) is 4.85. The summed E-state index contributed by atoms with van der Waals surface area (Å²) < 4.78 is 40.8. The number of nitrogens with zero attached hydrogens (tertiary/aromatic N) is 2. The minimum absolute atomic E-state index is 0.463. The smallest absolute Gasteiger partial charge is 0.405 e. The highest BCUT2D eigenvalue weighted by Crippen LogP contribution is 2.48. The number of para-hydroxylation sites is 1. The predicted octanol–water partition coefficient (Wildman–Crippen LogP) is 3.94. The van der Waals surface area contributed by atoms with Crippen LogP contribution < -0.4 is 11.2 Å². The first-order chi connectivity index (χ1) is 17.9. The molecule has 12 heteroatoms. The fourth-order valence-electron chi connectivity index (χ4n) is 5.78. The number of anilines is 1. The molecular weight excluding hydrogens is 495 g/mol. The summed E-state index contributed by atoms with van der Waals surface area (Å²) in [5.74, 6) is 0.513. The number of aryl methyl sites for hydroxylation is 1. The molecule has 3 aliphatic rings. The average Bonchev–Trinajstić information content (AvgIpc) is 3.44. The van der Waals surface area contributed by atoms with E-state index in [-0.39, 0.29) is 0 Å². The number of hydrogen-bond acceptors (Lipinski definition) is 8. The topological polar surface area (TPSA) is 99.2 Å². The Hall–Kier alpha value is -1.56. The van der Waals surface area contributed by atoms with Crippen molar-refractivity contribution in [2.75, 3.05) is 5.73 Å². The van der Waals surface area contributed by atoms with Crippen LogP contribution in [0, 0.1) is 0 Å². The number of fused-ring (bicyclic) bond motifs is 1. The van der Waals surface area contributed by atoms with Crippen LogP contribution in [-0.2, 0) is 34.5 Å². The summed E-state index contributed by atoms with van der Waals surface area (Å²) in [6.45, 7) is 23.4. The fourth-order valence-corrected chi connectivity index (χ4v) is 5.78. The molecule has 2 aromatic rings. The Balaban J connectivity index is 1.35. The third kappa shape index (κ3) is 4.46. The van der Waals surface area contributed by atoms with E-state index in [2.05, 4.69) is 53.6 Å². The van der Waals surface area contributed by atoms with Crippen LogP contribution in [0.5, 0.6) is 0 Å². The summed E-state index contributed by atoms with van der Waals surface area (Å²) in [6.07, 6.45) is 1.39. The molecule has 0 aliphatic carbocycles. The molecule has 0 radical (unpaired) electrons. The second-order valence-electron chi connectivity index (χ2n) is 13.7. The van der Waals surface area contributed by atoms with Gasteiger partial charge in [-0.2, -0.15) is 5.10 Å². The first-order valence-corrected chi connectivity index (χ1v) is 14.2. The largest absolute Gasteiger partial charge is 0.497 e. The van der Waals surface area contributed by atoms with Crippen molar-refractivity contribution in [2.24, 2.45) is 0 Å². The van der Waals surface area contributed by atoms with Gasteiger partial charge < -0.3 is 33.7 Å². The van der Waals surface area contributed by atoms with Gasteiger partial charge in [-0.05, 0) is 95.1 Å². The lowest BCUT2D eigenvalue weighted by atomic mass is 9.49. The summed E-state index contributed by atoms with van der Waals surface area (Å²) in [7, 11) is -1.78. The van der Waals surface area contributed by atoms with E-state index in [0.717, 1.165) is 16.4 Å². The normalized spacial score (nSPS) is 31.1. The minimum atomic E-state index is -0.627. The Bertz CT molecular complexity index is 1250. The van der Waals surface area contributed by atoms with Crippen molar-refractivity contribution < 1.29 is 27.9 Å². The molecule has 2 atom stereocenters. The van der Waals surface area contributed by atoms with Gasteiger partial charge in [-0.3, -0.25) is 4.68 Å². The van der Waals surface area contributed by atoms with Gasteiger partial charge in [0.2, 0.25) is 0 Å². The van der Waals surface area contributed by atoms with Crippen molar-refractivity contribution in [2.45, 2.75) is 129 Å². The third-order valence-corrected chi connectivity index (χ3v) is 10.1. The van der Waals surface area contributed by atoms with Crippen LogP contribution in [0.1, 0.15) is 89.0 Å². The van der Waals surface area contributed by atoms with E-state index in [1.165, 1.54) is 0 Å². The third-order valence-electron chi connectivity index (χ3n) is 10.1. The summed E-state index contributed by atoms with van der Waals surface area (Å²) in [6, 6.07) is 6.01. The van der Waals surface area contributed by atoms with Gasteiger partial charge in [0, 0.05) is 17.4 Å². The highest BCUT2D eigenvalue weighted by molar-refractivity contribution is 7.11. The average molecular weight is 539 g/mol. The lowest BCUT2D eigenvalue weighted by Gasteiger charge is -2.42. The van der Waals surface area contributed by atoms with Crippen LogP contribution in [0.25, 0.3) is 10.9 Å². The molecule has 0 saturated carbocycles. The van der Waals surface area contributed by atoms with E-state index in [1.54, 1.807) is 0 Å². The van der Waals surface area contributed by atoms with Crippen LogP contribution in [0.15, 0.2) is 18.2 Å². The van der Waals surface area contributed by atoms with Gasteiger partial charge in [0.1, 0.15) is 0 Å². The minimum Gasteiger partial charge on any atom is -0.405 e. The maximum absolute atomic E-state index is 6.77.